The Bertz CT molecular complexity index is 302. The highest BCUT2D eigenvalue weighted by atomic mass is 32.1. The Morgan fingerprint density at radius 2 is 2.14 bits per heavy atom. The summed E-state index contributed by atoms with van der Waals surface area (Å²) in [6.45, 7) is 4.01. The number of nitrogens with one attached hydrogen (secondary N) is 1. The van der Waals surface area contributed by atoms with Gasteiger partial charge in [0.2, 0.25) is 0 Å². The number of aryl methyl sites for hydroxylation is 1. The zero-order valence-corrected chi connectivity index (χ0v) is 9.36. The summed E-state index contributed by atoms with van der Waals surface area (Å²) >= 11 is 1.73. The molecule has 1 fully saturated rings. The Balaban J connectivity index is 2.05. The van der Waals surface area contributed by atoms with Crippen molar-refractivity contribution in [1.29, 1.82) is 0 Å². The van der Waals surface area contributed by atoms with Crippen molar-refractivity contribution in [2.75, 3.05) is 13.1 Å². The molecule has 0 saturated carbocycles. The van der Waals surface area contributed by atoms with Gasteiger partial charge in [-0.1, -0.05) is 0 Å². The first-order valence-corrected chi connectivity index (χ1v) is 6.09. The van der Waals surface area contributed by atoms with Crippen molar-refractivity contribution in [1.82, 2.24) is 5.32 Å². The number of thiophene rings is 1. The molecule has 0 amide bonds. The van der Waals surface area contributed by atoms with Crippen LogP contribution in [-0.4, -0.2) is 23.8 Å². The van der Waals surface area contributed by atoms with Crippen LogP contribution < -0.4 is 5.32 Å². The quantitative estimate of drug-likeness (QED) is 0.780. The van der Waals surface area contributed by atoms with E-state index in [1.807, 2.05) is 0 Å². The molecule has 0 spiro atoms. The van der Waals surface area contributed by atoms with Gasteiger partial charge in [0.25, 0.3) is 0 Å². The molecule has 78 valence electrons. The molecule has 2 heterocycles. The molecule has 1 aromatic rings. The fraction of sp³-hybridized carbons (Fsp3) is 0.636. The van der Waals surface area contributed by atoms with Gasteiger partial charge in [0.15, 0.2) is 0 Å². The van der Waals surface area contributed by atoms with E-state index in [0.717, 1.165) is 32.4 Å². The van der Waals surface area contributed by atoms with E-state index in [1.54, 1.807) is 11.3 Å². The van der Waals surface area contributed by atoms with Crippen LogP contribution in [0.1, 0.15) is 24.0 Å². The summed E-state index contributed by atoms with van der Waals surface area (Å²) < 4.78 is 0. The molecule has 1 aliphatic heterocycles. The van der Waals surface area contributed by atoms with Gasteiger partial charge in [-0.15, -0.1) is 0 Å². The summed E-state index contributed by atoms with van der Waals surface area (Å²) in [5.41, 5.74) is 2.18. The molecule has 0 unspecified atom stereocenters. The van der Waals surface area contributed by atoms with E-state index in [2.05, 4.69) is 23.0 Å². The molecule has 1 saturated heterocycles. The smallest absolute Gasteiger partial charge is 0.0712 e. The van der Waals surface area contributed by atoms with Crippen molar-refractivity contribution < 1.29 is 5.11 Å². The fourth-order valence-electron chi connectivity index (χ4n) is 1.99. The van der Waals surface area contributed by atoms with Crippen LogP contribution in [0.4, 0.5) is 0 Å². The molecule has 2 N–H and O–H groups in total. The molecule has 0 aromatic carbocycles. The van der Waals surface area contributed by atoms with E-state index >= 15 is 0 Å². The molecule has 2 nitrogen and oxygen atoms in total. The maximum absolute atomic E-state index is 10.3. The molecule has 0 bridgehead atoms. The van der Waals surface area contributed by atoms with Gasteiger partial charge in [0.1, 0.15) is 0 Å². The van der Waals surface area contributed by atoms with Crippen molar-refractivity contribution >= 4 is 11.3 Å². The maximum atomic E-state index is 10.3. The van der Waals surface area contributed by atoms with Gasteiger partial charge in [0, 0.05) is 6.42 Å². The number of hydrogen-bond donors (Lipinski definition) is 2. The second-order valence-electron chi connectivity index (χ2n) is 4.23. The summed E-state index contributed by atoms with van der Waals surface area (Å²) in [7, 11) is 0. The maximum Gasteiger partial charge on any atom is 0.0712 e. The Morgan fingerprint density at radius 3 is 2.71 bits per heavy atom. The largest absolute Gasteiger partial charge is 0.389 e. The second kappa shape index (κ2) is 4.01. The minimum absolute atomic E-state index is 0.461. The van der Waals surface area contributed by atoms with Crippen LogP contribution in [-0.2, 0) is 6.42 Å². The summed E-state index contributed by atoms with van der Waals surface area (Å²) in [6, 6.07) is 0. The molecule has 0 atom stereocenters. The van der Waals surface area contributed by atoms with E-state index in [4.69, 9.17) is 0 Å². The predicted octanol–water partition coefficient (Wildman–Crippen LogP) is 1.71. The first kappa shape index (κ1) is 10.1. The van der Waals surface area contributed by atoms with Crippen LogP contribution in [0.25, 0.3) is 0 Å². The lowest BCUT2D eigenvalue weighted by molar-refractivity contribution is 0.0108. The van der Waals surface area contributed by atoms with Crippen LogP contribution in [0.15, 0.2) is 10.8 Å². The van der Waals surface area contributed by atoms with E-state index in [-0.39, 0.29) is 0 Å². The molecule has 0 radical (unpaired) electrons. The zero-order valence-electron chi connectivity index (χ0n) is 8.55. The third-order valence-corrected chi connectivity index (χ3v) is 3.93. The third kappa shape index (κ3) is 2.16. The molecule has 0 aliphatic carbocycles. The number of piperidine rings is 1. The molecule has 2 rings (SSSR count). The first-order valence-electron chi connectivity index (χ1n) is 5.14. The SMILES string of the molecule is Cc1cscc1CC1(O)CCNCC1. The lowest BCUT2D eigenvalue weighted by Gasteiger charge is -2.32. The van der Waals surface area contributed by atoms with E-state index in [0.29, 0.717) is 0 Å². The second-order valence-corrected chi connectivity index (χ2v) is 4.97. The summed E-state index contributed by atoms with van der Waals surface area (Å²) in [6.07, 6.45) is 2.58. The number of rotatable bonds is 2. The highest BCUT2D eigenvalue weighted by Crippen LogP contribution is 2.26. The van der Waals surface area contributed by atoms with Gasteiger partial charge in [-0.2, -0.15) is 11.3 Å². The van der Waals surface area contributed by atoms with Gasteiger partial charge >= 0.3 is 0 Å². The average Bonchev–Trinajstić information content (AvgIpc) is 2.52. The van der Waals surface area contributed by atoms with Crippen molar-refractivity contribution in [3.05, 3.63) is 21.9 Å². The lowest BCUT2D eigenvalue weighted by atomic mass is 9.86. The van der Waals surface area contributed by atoms with Crippen LogP contribution in [0.5, 0.6) is 0 Å². The van der Waals surface area contributed by atoms with Crippen molar-refractivity contribution in [2.45, 2.75) is 31.8 Å². The first-order chi connectivity index (χ1) is 6.70. The third-order valence-electron chi connectivity index (χ3n) is 3.02. The van der Waals surface area contributed by atoms with Gasteiger partial charge in [-0.25, -0.2) is 0 Å². The predicted molar refractivity (Wildman–Crippen MR) is 59.8 cm³/mol. The Labute approximate surface area is 89.0 Å². The topological polar surface area (TPSA) is 32.3 Å². The minimum atomic E-state index is -0.461. The van der Waals surface area contributed by atoms with E-state index < -0.39 is 5.60 Å². The molecule has 3 heteroatoms. The zero-order chi connectivity index (χ0) is 10.0. The average molecular weight is 211 g/mol. The van der Waals surface area contributed by atoms with E-state index in [9.17, 15) is 5.11 Å². The summed E-state index contributed by atoms with van der Waals surface area (Å²) in [5.74, 6) is 0. The Hall–Kier alpha value is -0.380. The minimum Gasteiger partial charge on any atom is -0.389 e. The van der Waals surface area contributed by atoms with Gasteiger partial charge in [-0.3, -0.25) is 0 Å². The van der Waals surface area contributed by atoms with E-state index in [1.165, 1.54) is 11.1 Å². The van der Waals surface area contributed by atoms with Crippen molar-refractivity contribution in [2.24, 2.45) is 0 Å². The summed E-state index contributed by atoms with van der Waals surface area (Å²) in [5, 5.41) is 17.9. The Kier molecular flexibility index (Phi) is 2.91. The highest BCUT2D eigenvalue weighted by molar-refractivity contribution is 7.08. The molecule has 14 heavy (non-hydrogen) atoms. The number of hydrogen-bond acceptors (Lipinski definition) is 3. The summed E-state index contributed by atoms with van der Waals surface area (Å²) in [4.78, 5) is 0. The van der Waals surface area contributed by atoms with Crippen LogP contribution in [0.2, 0.25) is 0 Å². The monoisotopic (exact) mass is 211 g/mol. The van der Waals surface area contributed by atoms with Crippen LogP contribution in [0, 0.1) is 6.92 Å². The number of aliphatic hydroxyl groups is 1. The fourth-order valence-corrected chi connectivity index (χ4v) is 2.85. The lowest BCUT2D eigenvalue weighted by Crippen LogP contribution is -2.43. The Morgan fingerprint density at radius 1 is 1.43 bits per heavy atom. The van der Waals surface area contributed by atoms with Crippen molar-refractivity contribution in [3.63, 3.8) is 0 Å². The molecular formula is C11H17NOS. The highest BCUT2D eigenvalue weighted by Gasteiger charge is 2.29. The van der Waals surface area contributed by atoms with Gasteiger partial charge < -0.3 is 10.4 Å². The van der Waals surface area contributed by atoms with Crippen LogP contribution in [0.3, 0.4) is 0 Å². The standard InChI is InChI=1S/C11H17NOS/c1-9-7-14-8-10(9)6-11(13)2-4-12-5-3-11/h7-8,12-13H,2-6H2,1H3. The van der Waals surface area contributed by atoms with Crippen molar-refractivity contribution in [3.8, 4) is 0 Å². The van der Waals surface area contributed by atoms with Gasteiger partial charge in [-0.05, 0) is 54.7 Å². The molecule has 1 aliphatic rings. The normalized spacial score (nSPS) is 21.0. The van der Waals surface area contributed by atoms with Gasteiger partial charge in [0.05, 0.1) is 5.60 Å². The molecule has 1 aromatic heterocycles. The van der Waals surface area contributed by atoms with Crippen LogP contribution >= 0.6 is 11.3 Å². The molecular weight excluding hydrogens is 194 g/mol.